The molecule has 0 heterocycles. The van der Waals surface area contributed by atoms with Crippen molar-refractivity contribution in [3.05, 3.63) is 71.0 Å². The molecule has 0 saturated heterocycles. The van der Waals surface area contributed by atoms with Gasteiger partial charge in [-0.05, 0) is 54.2 Å². The van der Waals surface area contributed by atoms with Gasteiger partial charge in [0.15, 0.2) is 0 Å². The normalized spacial score (nSPS) is 16.8. The summed E-state index contributed by atoms with van der Waals surface area (Å²) in [7, 11) is 0. The number of aryl methyl sites for hydroxylation is 1. The van der Waals surface area contributed by atoms with Crippen LogP contribution in [0.5, 0.6) is 0 Å². The minimum absolute atomic E-state index is 0.0253. The molecule has 136 valence electrons. The Morgan fingerprint density at radius 2 is 1.77 bits per heavy atom. The second kappa shape index (κ2) is 7.68. The summed E-state index contributed by atoms with van der Waals surface area (Å²) in [5.74, 6) is -1.06. The zero-order valence-corrected chi connectivity index (χ0v) is 15.0. The molecule has 2 unspecified atom stereocenters. The third kappa shape index (κ3) is 3.93. The van der Waals surface area contributed by atoms with E-state index in [-0.39, 0.29) is 23.8 Å². The second-order valence-electron chi connectivity index (χ2n) is 7.00. The highest BCUT2D eigenvalue weighted by atomic mass is 19.1. The molecule has 0 saturated carbocycles. The van der Waals surface area contributed by atoms with Gasteiger partial charge in [-0.15, -0.1) is 0 Å². The van der Waals surface area contributed by atoms with Gasteiger partial charge in [-0.3, -0.25) is 9.59 Å². The van der Waals surface area contributed by atoms with Gasteiger partial charge in [0.2, 0.25) is 5.91 Å². The Labute approximate surface area is 152 Å². The predicted molar refractivity (Wildman–Crippen MR) is 98.1 cm³/mol. The third-order valence-electron chi connectivity index (χ3n) is 4.79. The van der Waals surface area contributed by atoms with Gasteiger partial charge < -0.3 is 10.6 Å². The number of amides is 2. The van der Waals surface area contributed by atoms with E-state index in [4.69, 9.17) is 0 Å². The summed E-state index contributed by atoms with van der Waals surface area (Å²) in [6.45, 7) is 3.77. The maximum absolute atomic E-state index is 13.0. The quantitative estimate of drug-likeness (QED) is 0.865. The van der Waals surface area contributed by atoms with Crippen LogP contribution in [0.2, 0.25) is 0 Å². The van der Waals surface area contributed by atoms with Crippen LogP contribution in [0.1, 0.15) is 47.8 Å². The van der Waals surface area contributed by atoms with Crippen molar-refractivity contribution < 1.29 is 14.0 Å². The summed E-state index contributed by atoms with van der Waals surface area (Å²) >= 11 is 0. The summed E-state index contributed by atoms with van der Waals surface area (Å²) in [4.78, 5) is 25.2. The molecule has 2 atom stereocenters. The molecular weight excluding hydrogens is 331 g/mol. The highest BCUT2D eigenvalue weighted by molar-refractivity contribution is 5.97. The monoisotopic (exact) mass is 354 g/mol. The van der Waals surface area contributed by atoms with E-state index in [1.807, 2.05) is 32.0 Å². The van der Waals surface area contributed by atoms with Gasteiger partial charge >= 0.3 is 0 Å². The van der Waals surface area contributed by atoms with E-state index >= 15 is 0 Å². The zero-order valence-electron chi connectivity index (χ0n) is 15.0. The zero-order chi connectivity index (χ0) is 18.7. The molecular formula is C21H23FN2O2. The minimum Gasteiger partial charge on any atom is -0.347 e. The smallest absolute Gasteiger partial charge is 0.251 e. The number of halogens is 1. The van der Waals surface area contributed by atoms with Crippen molar-refractivity contribution in [3.8, 4) is 0 Å². The Morgan fingerprint density at radius 1 is 1.08 bits per heavy atom. The number of fused-ring (bicyclic) bond motifs is 1. The first kappa shape index (κ1) is 18.1. The number of nitrogens with one attached hydrogen (secondary N) is 2. The number of carbonyl (C=O) groups is 2. The highest BCUT2D eigenvalue weighted by Crippen LogP contribution is 2.30. The molecule has 5 heteroatoms. The molecule has 1 aliphatic rings. The maximum atomic E-state index is 13.0. The van der Waals surface area contributed by atoms with Gasteiger partial charge in [-0.2, -0.15) is 0 Å². The van der Waals surface area contributed by atoms with E-state index in [1.54, 1.807) is 0 Å². The van der Waals surface area contributed by atoms with Crippen molar-refractivity contribution in [1.29, 1.82) is 0 Å². The second-order valence-corrected chi connectivity index (χ2v) is 7.00. The molecule has 4 nitrogen and oxygen atoms in total. The molecule has 3 rings (SSSR count). The van der Waals surface area contributed by atoms with Gasteiger partial charge in [0.05, 0.1) is 6.04 Å². The Bertz CT molecular complexity index is 802. The van der Waals surface area contributed by atoms with Crippen LogP contribution in [0.3, 0.4) is 0 Å². The first-order chi connectivity index (χ1) is 12.5. The molecule has 2 N–H and O–H groups in total. The van der Waals surface area contributed by atoms with Gasteiger partial charge in [0, 0.05) is 5.56 Å². The maximum Gasteiger partial charge on any atom is 0.251 e. The minimum atomic E-state index is -0.652. The Morgan fingerprint density at radius 3 is 2.46 bits per heavy atom. The Kier molecular flexibility index (Phi) is 5.35. The van der Waals surface area contributed by atoms with Crippen LogP contribution in [-0.4, -0.2) is 17.9 Å². The predicted octanol–water partition coefficient (Wildman–Crippen LogP) is 3.38. The Hall–Kier alpha value is -2.69. The topological polar surface area (TPSA) is 58.2 Å². The SMILES string of the molecule is CC(C)C(NC(=O)c1ccc(F)cc1)C(=O)NC1CCc2ccccc21. The number of hydrogen-bond donors (Lipinski definition) is 2. The van der Waals surface area contributed by atoms with Crippen molar-refractivity contribution in [1.82, 2.24) is 10.6 Å². The first-order valence-electron chi connectivity index (χ1n) is 8.90. The van der Waals surface area contributed by atoms with Crippen LogP contribution in [0.4, 0.5) is 4.39 Å². The molecule has 0 bridgehead atoms. The van der Waals surface area contributed by atoms with E-state index in [2.05, 4.69) is 16.7 Å². The fourth-order valence-corrected chi connectivity index (χ4v) is 3.33. The van der Waals surface area contributed by atoms with Gasteiger partial charge in [-0.1, -0.05) is 38.1 Å². The lowest BCUT2D eigenvalue weighted by Crippen LogP contribution is -2.50. The van der Waals surface area contributed by atoms with Crippen LogP contribution in [0, 0.1) is 11.7 Å². The fourth-order valence-electron chi connectivity index (χ4n) is 3.33. The van der Waals surface area contributed by atoms with E-state index in [1.165, 1.54) is 29.8 Å². The van der Waals surface area contributed by atoms with E-state index in [0.717, 1.165) is 18.4 Å². The third-order valence-corrected chi connectivity index (χ3v) is 4.79. The molecule has 0 radical (unpaired) electrons. The number of carbonyl (C=O) groups excluding carboxylic acids is 2. The van der Waals surface area contributed by atoms with Crippen molar-refractivity contribution in [3.63, 3.8) is 0 Å². The average molecular weight is 354 g/mol. The molecule has 2 aromatic carbocycles. The molecule has 0 spiro atoms. The highest BCUT2D eigenvalue weighted by Gasteiger charge is 2.29. The van der Waals surface area contributed by atoms with E-state index < -0.39 is 11.9 Å². The molecule has 0 aliphatic heterocycles. The van der Waals surface area contributed by atoms with Crippen LogP contribution >= 0.6 is 0 Å². The summed E-state index contributed by atoms with van der Waals surface area (Å²) in [6.07, 6.45) is 1.80. The van der Waals surface area contributed by atoms with Crippen molar-refractivity contribution >= 4 is 11.8 Å². The summed E-state index contributed by atoms with van der Waals surface area (Å²) in [5, 5.41) is 5.85. The van der Waals surface area contributed by atoms with E-state index in [9.17, 15) is 14.0 Å². The van der Waals surface area contributed by atoms with Crippen molar-refractivity contribution in [2.75, 3.05) is 0 Å². The van der Waals surface area contributed by atoms with Crippen molar-refractivity contribution in [2.24, 2.45) is 5.92 Å². The van der Waals surface area contributed by atoms with Crippen LogP contribution in [0.15, 0.2) is 48.5 Å². The van der Waals surface area contributed by atoms with Gasteiger partial charge in [-0.25, -0.2) is 4.39 Å². The summed E-state index contributed by atoms with van der Waals surface area (Å²) in [6, 6.07) is 12.7. The summed E-state index contributed by atoms with van der Waals surface area (Å²) in [5.41, 5.74) is 2.73. The van der Waals surface area contributed by atoms with Crippen LogP contribution in [-0.2, 0) is 11.2 Å². The Balaban J connectivity index is 1.69. The number of hydrogen-bond acceptors (Lipinski definition) is 2. The lowest BCUT2D eigenvalue weighted by Gasteiger charge is -2.24. The standard InChI is InChI=1S/C21H23FN2O2/c1-13(2)19(24-20(25)15-7-10-16(22)11-8-15)21(26)23-18-12-9-14-5-3-4-6-17(14)18/h3-8,10-11,13,18-19H,9,12H2,1-2H3,(H,23,26)(H,24,25). The van der Waals surface area contributed by atoms with Crippen LogP contribution < -0.4 is 10.6 Å². The van der Waals surface area contributed by atoms with Crippen molar-refractivity contribution in [2.45, 2.75) is 38.8 Å². The van der Waals surface area contributed by atoms with E-state index in [0.29, 0.717) is 5.56 Å². The van der Waals surface area contributed by atoms with Gasteiger partial charge in [0.25, 0.3) is 5.91 Å². The van der Waals surface area contributed by atoms with Crippen LogP contribution in [0.25, 0.3) is 0 Å². The lowest BCUT2D eigenvalue weighted by atomic mass is 10.0. The lowest BCUT2D eigenvalue weighted by molar-refractivity contribution is -0.124. The molecule has 2 aromatic rings. The molecule has 1 aliphatic carbocycles. The fraction of sp³-hybridized carbons (Fsp3) is 0.333. The summed E-state index contributed by atoms with van der Waals surface area (Å²) < 4.78 is 13.0. The molecule has 0 fully saturated rings. The number of benzene rings is 2. The molecule has 2 amide bonds. The average Bonchev–Trinajstić information content (AvgIpc) is 3.02. The van der Waals surface area contributed by atoms with Gasteiger partial charge in [0.1, 0.15) is 11.9 Å². The molecule has 26 heavy (non-hydrogen) atoms. The first-order valence-corrected chi connectivity index (χ1v) is 8.90. The number of rotatable bonds is 5. The molecule has 0 aromatic heterocycles. The largest absolute Gasteiger partial charge is 0.347 e.